The van der Waals surface area contributed by atoms with E-state index in [-0.39, 0.29) is 0 Å². The van der Waals surface area contributed by atoms with Crippen molar-refractivity contribution in [2.75, 3.05) is 26.2 Å². The van der Waals surface area contributed by atoms with Crippen LogP contribution >= 0.6 is 0 Å². The number of rotatable bonds is 3. The van der Waals surface area contributed by atoms with Crippen molar-refractivity contribution in [3.8, 4) is 0 Å². The molecule has 2 fully saturated rings. The van der Waals surface area contributed by atoms with E-state index >= 15 is 0 Å². The fourth-order valence-electron chi connectivity index (χ4n) is 2.53. The van der Waals surface area contributed by atoms with E-state index in [4.69, 9.17) is 0 Å². The van der Waals surface area contributed by atoms with Crippen LogP contribution in [0.4, 0.5) is 0 Å². The first-order chi connectivity index (χ1) is 7.09. The van der Waals surface area contributed by atoms with Crippen LogP contribution in [0.1, 0.15) is 40.0 Å². The van der Waals surface area contributed by atoms with Crippen LogP contribution < -0.4 is 5.32 Å². The van der Waals surface area contributed by atoms with Crippen LogP contribution in [-0.2, 0) is 0 Å². The minimum Gasteiger partial charge on any atom is -0.312 e. The maximum absolute atomic E-state index is 3.68. The third kappa shape index (κ3) is 3.18. The van der Waals surface area contributed by atoms with Crippen molar-refractivity contribution in [1.29, 1.82) is 0 Å². The molecular weight excluding hydrogens is 184 g/mol. The summed E-state index contributed by atoms with van der Waals surface area (Å²) >= 11 is 0. The largest absolute Gasteiger partial charge is 0.312 e. The van der Waals surface area contributed by atoms with Gasteiger partial charge in [-0.15, -0.1) is 0 Å². The third-order valence-corrected chi connectivity index (χ3v) is 4.03. The van der Waals surface area contributed by atoms with Crippen LogP contribution in [-0.4, -0.2) is 37.1 Å². The van der Waals surface area contributed by atoms with E-state index in [9.17, 15) is 0 Å². The van der Waals surface area contributed by atoms with Gasteiger partial charge in [0, 0.05) is 19.1 Å². The summed E-state index contributed by atoms with van der Waals surface area (Å²) < 4.78 is 0. The average molecular weight is 210 g/mol. The zero-order valence-corrected chi connectivity index (χ0v) is 10.6. The van der Waals surface area contributed by atoms with Crippen molar-refractivity contribution in [2.45, 2.75) is 46.1 Å². The lowest BCUT2D eigenvalue weighted by Crippen LogP contribution is -2.42. The Labute approximate surface area is 94.4 Å². The molecule has 88 valence electrons. The highest BCUT2D eigenvalue weighted by Gasteiger charge is 2.39. The standard InChI is InChI=1S/C13H26N2/c1-11(2)12-9-15(8-4-7-14-12)10-13(3)5-6-13/h11-12,14H,4-10H2,1-3H3. The summed E-state index contributed by atoms with van der Waals surface area (Å²) in [6, 6.07) is 0.704. The Hall–Kier alpha value is -0.0800. The van der Waals surface area contributed by atoms with Gasteiger partial charge in [0.05, 0.1) is 0 Å². The molecule has 1 unspecified atom stereocenters. The smallest absolute Gasteiger partial charge is 0.0217 e. The number of hydrogen-bond acceptors (Lipinski definition) is 2. The topological polar surface area (TPSA) is 15.3 Å². The van der Waals surface area contributed by atoms with E-state index in [0.717, 1.165) is 5.92 Å². The lowest BCUT2D eigenvalue weighted by Gasteiger charge is -2.28. The highest BCUT2D eigenvalue weighted by molar-refractivity contribution is 4.92. The molecule has 2 aliphatic rings. The molecular formula is C13H26N2. The van der Waals surface area contributed by atoms with Crippen LogP contribution in [0.5, 0.6) is 0 Å². The van der Waals surface area contributed by atoms with Gasteiger partial charge in [-0.2, -0.15) is 0 Å². The molecule has 0 amide bonds. The molecule has 2 nitrogen and oxygen atoms in total. The summed E-state index contributed by atoms with van der Waals surface area (Å²) in [6.07, 6.45) is 4.21. The van der Waals surface area contributed by atoms with Crippen LogP contribution in [0.2, 0.25) is 0 Å². The first-order valence-electron chi connectivity index (χ1n) is 6.55. The van der Waals surface area contributed by atoms with Gasteiger partial charge in [-0.05, 0) is 43.7 Å². The first-order valence-corrected chi connectivity index (χ1v) is 6.55. The van der Waals surface area contributed by atoms with Gasteiger partial charge in [0.1, 0.15) is 0 Å². The van der Waals surface area contributed by atoms with Crippen LogP contribution in [0.3, 0.4) is 0 Å². The second-order valence-electron chi connectivity index (χ2n) is 6.20. The van der Waals surface area contributed by atoms with E-state index in [2.05, 4.69) is 31.0 Å². The number of nitrogens with one attached hydrogen (secondary N) is 1. The summed E-state index contributed by atoms with van der Waals surface area (Å²) in [6.45, 7) is 12.2. The predicted molar refractivity (Wildman–Crippen MR) is 65.0 cm³/mol. The van der Waals surface area contributed by atoms with Gasteiger partial charge < -0.3 is 10.2 Å². The molecule has 1 aliphatic carbocycles. The van der Waals surface area contributed by atoms with Crippen molar-refractivity contribution in [3.63, 3.8) is 0 Å². The molecule has 1 saturated carbocycles. The molecule has 1 heterocycles. The monoisotopic (exact) mass is 210 g/mol. The molecule has 2 heteroatoms. The zero-order chi connectivity index (χ0) is 10.9. The maximum atomic E-state index is 3.68. The lowest BCUT2D eigenvalue weighted by molar-refractivity contribution is 0.209. The fourth-order valence-corrected chi connectivity index (χ4v) is 2.53. The van der Waals surface area contributed by atoms with E-state index in [1.165, 1.54) is 45.4 Å². The SMILES string of the molecule is CC(C)C1CN(CC2(C)CC2)CCCN1. The highest BCUT2D eigenvalue weighted by Crippen LogP contribution is 2.45. The van der Waals surface area contributed by atoms with Crippen molar-refractivity contribution in [3.05, 3.63) is 0 Å². The number of nitrogens with zero attached hydrogens (tertiary/aromatic N) is 1. The Morgan fingerprint density at radius 2 is 2.13 bits per heavy atom. The van der Waals surface area contributed by atoms with Gasteiger partial charge in [-0.1, -0.05) is 20.8 Å². The van der Waals surface area contributed by atoms with Crippen molar-refractivity contribution in [2.24, 2.45) is 11.3 Å². The maximum Gasteiger partial charge on any atom is 0.0217 e. The second-order valence-corrected chi connectivity index (χ2v) is 6.20. The fraction of sp³-hybridized carbons (Fsp3) is 1.00. The first kappa shape index (κ1) is 11.4. The normalized spacial score (nSPS) is 31.6. The molecule has 2 rings (SSSR count). The number of hydrogen-bond donors (Lipinski definition) is 1. The molecule has 0 spiro atoms. The van der Waals surface area contributed by atoms with Crippen molar-refractivity contribution in [1.82, 2.24) is 10.2 Å². The van der Waals surface area contributed by atoms with Gasteiger partial charge in [0.15, 0.2) is 0 Å². The minimum absolute atomic E-state index is 0.672. The minimum atomic E-state index is 0.672. The summed E-state index contributed by atoms with van der Waals surface area (Å²) in [4.78, 5) is 2.69. The zero-order valence-electron chi connectivity index (χ0n) is 10.6. The molecule has 15 heavy (non-hydrogen) atoms. The van der Waals surface area contributed by atoms with Gasteiger partial charge in [0.25, 0.3) is 0 Å². The molecule has 1 aliphatic heterocycles. The van der Waals surface area contributed by atoms with Gasteiger partial charge in [-0.25, -0.2) is 0 Å². The highest BCUT2D eigenvalue weighted by atomic mass is 15.2. The van der Waals surface area contributed by atoms with Gasteiger partial charge >= 0.3 is 0 Å². The average Bonchev–Trinajstić information content (AvgIpc) is 2.91. The van der Waals surface area contributed by atoms with E-state index in [1.807, 2.05) is 0 Å². The van der Waals surface area contributed by atoms with Crippen LogP contribution in [0.15, 0.2) is 0 Å². The molecule has 1 N–H and O–H groups in total. The van der Waals surface area contributed by atoms with Crippen LogP contribution in [0.25, 0.3) is 0 Å². The molecule has 1 atom stereocenters. The molecule has 0 bridgehead atoms. The summed E-state index contributed by atoms with van der Waals surface area (Å²) in [7, 11) is 0. The Kier molecular flexibility index (Phi) is 3.36. The van der Waals surface area contributed by atoms with Crippen LogP contribution in [0, 0.1) is 11.3 Å². The summed E-state index contributed by atoms with van der Waals surface area (Å²) in [5.74, 6) is 0.762. The molecule has 1 saturated heterocycles. The van der Waals surface area contributed by atoms with Gasteiger partial charge in [-0.3, -0.25) is 0 Å². The summed E-state index contributed by atoms with van der Waals surface area (Å²) in [5.41, 5.74) is 0.672. The van der Waals surface area contributed by atoms with E-state index in [0.29, 0.717) is 11.5 Å². The Balaban J connectivity index is 1.87. The molecule has 0 radical (unpaired) electrons. The molecule has 0 aromatic rings. The predicted octanol–water partition coefficient (Wildman–Crippen LogP) is 2.11. The summed E-state index contributed by atoms with van der Waals surface area (Å²) in [5, 5.41) is 3.68. The second kappa shape index (κ2) is 4.42. The van der Waals surface area contributed by atoms with Gasteiger partial charge in [0.2, 0.25) is 0 Å². The molecule has 0 aromatic carbocycles. The van der Waals surface area contributed by atoms with Crippen molar-refractivity contribution < 1.29 is 0 Å². The third-order valence-electron chi connectivity index (χ3n) is 4.03. The molecule has 0 aromatic heterocycles. The Bertz CT molecular complexity index is 209. The lowest BCUT2D eigenvalue weighted by atomic mass is 10.0. The van der Waals surface area contributed by atoms with Crippen molar-refractivity contribution >= 4 is 0 Å². The van der Waals surface area contributed by atoms with E-state index < -0.39 is 0 Å². The van der Waals surface area contributed by atoms with E-state index in [1.54, 1.807) is 0 Å². The Morgan fingerprint density at radius 3 is 2.73 bits per heavy atom. The Morgan fingerprint density at radius 1 is 1.40 bits per heavy atom. The quantitative estimate of drug-likeness (QED) is 0.767.